The SMILES string of the molecule is CN1CCN2CCCC2C1.CN1CCN2CCCCC2C1. The van der Waals surface area contributed by atoms with Gasteiger partial charge >= 0.3 is 0 Å². The van der Waals surface area contributed by atoms with Gasteiger partial charge in [-0.3, -0.25) is 9.80 Å². The number of fused-ring (bicyclic) bond motifs is 2. The lowest BCUT2D eigenvalue weighted by atomic mass is 10.00. The molecule has 4 heterocycles. The molecule has 0 bridgehead atoms. The van der Waals surface area contributed by atoms with Crippen LogP contribution in [0.25, 0.3) is 0 Å². The summed E-state index contributed by atoms with van der Waals surface area (Å²) in [4.78, 5) is 10.2. The average molecular weight is 294 g/mol. The van der Waals surface area contributed by atoms with Crippen LogP contribution in [0.4, 0.5) is 0 Å². The molecule has 2 atom stereocenters. The van der Waals surface area contributed by atoms with Crippen LogP contribution in [-0.2, 0) is 0 Å². The van der Waals surface area contributed by atoms with Crippen molar-refractivity contribution < 1.29 is 0 Å². The van der Waals surface area contributed by atoms with Crippen LogP contribution in [0.5, 0.6) is 0 Å². The lowest BCUT2D eigenvalue weighted by Crippen LogP contribution is -2.53. The number of rotatable bonds is 0. The van der Waals surface area contributed by atoms with Crippen LogP contribution in [0.2, 0.25) is 0 Å². The Morgan fingerprint density at radius 1 is 0.571 bits per heavy atom. The van der Waals surface area contributed by atoms with Crippen molar-refractivity contribution in [1.29, 1.82) is 0 Å². The molecule has 4 fully saturated rings. The van der Waals surface area contributed by atoms with Crippen LogP contribution in [0.1, 0.15) is 32.1 Å². The second kappa shape index (κ2) is 7.40. The van der Waals surface area contributed by atoms with Crippen molar-refractivity contribution in [2.24, 2.45) is 0 Å². The molecule has 4 aliphatic heterocycles. The largest absolute Gasteiger partial charge is 0.304 e. The highest BCUT2D eigenvalue weighted by molar-refractivity contribution is 4.85. The fourth-order valence-electron chi connectivity index (χ4n) is 4.46. The standard InChI is InChI=1S/C9H18N2.C8H16N2/c1-10-6-7-11-5-3-2-4-9(11)8-10;1-9-5-6-10-4-2-3-8(10)7-9/h9H,2-8H2,1H3;8H,2-7H2,1H3. The first-order chi connectivity index (χ1) is 10.2. The van der Waals surface area contributed by atoms with E-state index in [0.717, 1.165) is 12.1 Å². The van der Waals surface area contributed by atoms with Crippen LogP contribution in [0.15, 0.2) is 0 Å². The fraction of sp³-hybridized carbons (Fsp3) is 1.00. The number of hydrogen-bond donors (Lipinski definition) is 0. The molecule has 0 N–H and O–H groups in total. The molecule has 4 rings (SSSR count). The maximum absolute atomic E-state index is 2.67. The van der Waals surface area contributed by atoms with Gasteiger partial charge < -0.3 is 9.80 Å². The number of piperidine rings is 1. The molecule has 4 aliphatic rings. The maximum atomic E-state index is 2.67. The van der Waals surface area contributed by atoms with Crippen LogP contribution in [0.3, 0.4) is 0 Å². The van der Waals surface area contributed by atoms with E-state index < -0.39 is 0 Å². The summed E-state index contributed by atoms with van der Waals surface area (Å²) in [6.45, 7) is 10.5. The molecule has 2 unspecified atom stereocenters. The van der Waals surface area contributed by atoms with Crippen molar-refractivity contribution in [3.63, 3.8) is 0 Å². The second-order valence-corrected chi connectivity index (χ2v) is 7.54. The van der Waals surface area contributed by atoms with Crippen molar-refractivity contribution in [2.45, 2.75) is 44.2 Å². The van der Waals surface area contributed by atoms with Gasteiger partial charge in [0.1, 0.15) is 0 Å². The Kier molecular flexibility index (Phi) is 5.54. The summed E-state index contributed by atoms with van der Waals surface area (Å²) in [5.41, 5.74) is 0. The molecule has 4 heteroatoms. The Balaban J connectivity index is 0.000000126. The lowest BCUT2D eigenvalue weighted by molar-refractivity contribution is 0.0623. The zero-order valence-electron chi connectivity index (χ0n) is 14.1. The van der Waals surface area contributed by atoms with Gasteiger partial charge in [-0.1, -0.05) is 6.42 Å². The monoisotopic (exact) mass is 294 g/mol. The zero-order valence-corrected chi connectivity index (χ0v) is 14.1. The minimum Gasteiger partial charge on any atom is -0.304 e. The van der Waals surface area contributed by atoms with Crippen molar-refractivity contribution in [3.05, 3.63) is 0 Å². The van der Waals surface area contributed by atoms with Crippen LogP contribution >= 0.6 is 0 Å². The molecule has 0 radical (unpaired) electrons. The molecule has 4 nitrogen and oxygen atoms in total. The molecule has 4 saturated heterocycles. The molecular weight excluding hydrogens is 260 g/mol. The predicted octanol–water partition coefficient (Wildman–Crippen LogP) is 1.18. The first-order valence-corrected chi connectivity index (χ1v) is 9.07. The van der Waals surface area contributed by atoms with Crippen molar-refractivity contribution in [1.82, 2.24) is 19.6 Å². The van der Waals surface area contributed by atoms with E-state index in [9.17, 15) is 0 Å². The van der Waals surface area contributed by atoms with Gasteiger partial charge in [0.25, 0.3) is 0 Å². The van der Waals surface area contributed by atoms with Crippen LogP contribution < -0.4 is 0 Å². The van der Waals surface area contributed by atoms with Crippen LogP contribution in [0, 0.1) is 0 Å². The summed E-state index contributed by atoms with van der Waals surface area (Å²) >= 11 is 0. The van der Waals surface area contributed by atoms with Gasteiger partial charge in [-0.15, -0.1) is 0 Å². The average Bonchev–Trinajstić information content (AvgIpc) is 2.95. The van der Waals surface area contributed by atoms with E-state index in [0.29, 0.717) is 0 Å². The summed E-state index contributed by atoms with van der Waals surface area (Å²) in [7, 11) is 4.47. The third kappa shape index (κ3) is 4.19. The zero-order chi connectivity index (χ0) is 14.7. The molecule has 0 spiro atoms. The van der Waals surface area contributed by atoms with E-state index in [1.807, 2.05) is 0 Å². The van der Waals surface area contributed by atoms with E-state index in [-0.39, 0.29) is 0 Å². The molecular formula is C17H34N4. The highest BCUT2D eigenvalue weighted by Crippen LogP contribution is 2.20. The molecule has 0 amide bonds. The third-order valence-corrected chi connectivity index (χ3v) is 5.83. The van der Waals surface area contributed by atoms with Crippen molar-refractivity contribution in [3.8, 4) is 0 Å². The number of nitrogens with zero attached hydrogens (tertiary/aromatic N) is 4. The summed E-state index contributed by atoms with van der Waals surface area (Å²) in [5, 5.41) is 0. The molecule has 0 aromatic heterocycles. The third-order valence-electron chi connectivity index (χ3n) is 5.83. The smallest absolute Gasteiger partial charge is 0.0224 e. The molecule has 21 heavy (non-hydrogen) atoms. The van der Waals surface area contributed by atoms with Crippen LogP contribution in [-0.4, -0.2) is 98.1 Å². The topological polar surface area (TPSA) is 13.0 Å². The lowest BCUT2D eigenvalue weighted by Gasteiger charge is -2.42. The summed E-state index contributed by atoms with van der Waals surface area (Å²) in [6, 6.07) is 1.79. The maximum Gasteiger partial charge on any atom is 0.0224 e. The molecule has 0 aliphatic carbocycles. The van der Waals surface area contributed by atoms with Gasteiger partial charge in [-0.05, 0) is 52.9 Å². The Hall–Kier alpha value is -0.160. The normalized spacial score (nSPS) is 35.7. The number of likely N-dealkylation sites (N-methyl/N-ethyl adjacent to an activating group) is 2. The summed E-state index contributed by atoms with van der Waals surface area (Å²) in [5.74, 6) is 0. The highest BCUT2D eigenvalue weighted by Gasteiger charge is 2.28. The first-order valence-electron chi connectivity index (χ1n) is 9.07. The van der Waals surface area contributed by atoms with E-state index in [1.165, 1.54) is 84.5 Å². The second-order valence-electron chi connectivity index (χ2n) is 7.54. The molecule has 122 valence electrons. The van der Waals surface area contributed by atoms with Gasteiger partial charge in [-0.25, -0.2) is 0 Å². The minimum atomic E-state index is 0.891. The van der Waals surface area contributed by atoms with Gasteiger partial charge in [0.2, 0.25) is 0 Å². The Bertz CT molecular complexity index is 322. The van der Waals surface area contributed by atoms with Crippen molar-refractivity contribution in [2.75, 3.05) is 66.5 Å². The fourth-order valence-corrected chi connectivity index (χ4v) is 4.46. The van der Waals surface area contributed by atoms with Gasteiger partial charge in [0.15, 0.2) is 0 Å². The molecule has 0 aromatic rings. The number of hydrogen-bond acceptors (Lipinski definition) is 4. The van der Waals surface area contributed by atoms with Gasteiger partial charge in [0, 0.05) is 51.4 Å². The van der Waals surface area contributed by atoms with E-state index >= 15 is 0 Å². The Morgan fingerprint density at radius 2 is 1.10 bits per heavy atom. The molecule has 0 saturated carbocycles. The Morgan fingerprint density at radius 3 is 1.71 bits per heavy atom. The van der Waals surface area contributed by atoms with E-state index in [2.05, 4.69) is 33.7 Å². The van der Waals surface area contributed by atoms with Gasteiger partial charge in [0.05, 0.1) is 0 Å². The minimum absolute atomic E-state index is 0.891. The summed E-state index contributed by atoms with van der Waals surface area (Å²) < 4.78 is 0. The van der Waals surface area contributed by atoms with Crippen molar-refractivity contribution >= 4 is 0 Å². The van der Waals surface area contributed by atoms with E-state index in [1.54, 1.807) is 0 Å². The number of piperazine rings is 2. The first kappa shape index (κ1) is 15.7. The quantitative estimate of drug-likeness (QED) is 0.665. The predicted molar refractivity (Wildman–Crippen MR) is 88.8 cm³/mol. The van der Waals surface area contributed by atoms with Gasteiger partial charge in [-0.2, -0.15) is 0 Å². The molecule has 0 aromatic carbocycles. The summed E-state index contributed by atoms with van der Waals surface area (Å²) in [6.07, 6.45) is 7.18. The van der Waals surface area contributed by atoms with E-state index in [4.69, 9.17) is 0 Å². The highest BCUT2D eigenvalue weighted by atomic mass is 15.3. The Labute approximate surface area is 131 Å².